The van der Waals surface area contributed by atoms with Gasteiger partial charge in [0.25, 0.3) is 0 Å². The molecule has 0 fully saturated rings. The van der Waals surface area contributed by atoms with E-state index in [1.165, 1.54) is 4.88 Å². The van der Waals surface area contributed by atoms with Gasteiger partial charge in [-0.2, -0.15) is 5.10 Å². The quantitative estimate of drug-likeness (QED) is 0.853. The van der Waals surface area contributed by atoms with Gasteiger partial charge in [-0.05, 0) is 32.1 Å². The van der Waals surface area contributed by atoms with E-state index in [1.807, 2.05) is 4.68 Å². The minimum absolute atomic E-state index is 0.108. The number of rotatable bonds is 7. The van der Waals surface area contributed by atoms with Crippen molar-refractivity contribution in [2.45, 2.75) is 19.5 Å². The molecule has 2 rings (SSSR count). The smallest absolute Gasteiger partial charge is 0.0857 e. The standard InChI is InChI=1S/C14H21ClN4S/c1-4-16-13(12-6-5-9-20-12)14-11(15)10-17-19(14)8-7-18(2)3/h5-6,9-10,13,16H,4,7-8H2,1-3H3. The van der Waals surface area contributed by atoms with Crippen LogP contribution in [-0.4, -0.2) is 41.9 Å². The van der Waals surface area contributed by atoms with Crippen LogP contribution < -0.4 is 5.32 Å². The second-order valence-corrected chi connectivity index (χ2v) is 6.30. The molecule has 1 unspecified atom stereocenters. The van der Waals surface area contributed by atoms with Crippen LogP contribution in [0.5, 0.6) is 0 Å². The molecule has 0 radical (unpaired) electrons. The van der Waals surface area contributed by atoms with Gasteiger partial charge in [0.1, 0.15) is 0 Å². The Balaban J connectivity index is 2.30. The summed E-state index contributed by atoms with van der Waals surface area (Å²) < 4.78 is 2.01. The van der Waals surface area contributed by atoms with E-state index in [0.29, 0.717) is 0 Å². The third-order valence-electron chi connectivity index (χ3n) is 3.10. The zero-order valence-corrected chi connectivity index (χ0v) is 13.7. The lowest BCUT2D eigenvalue weighted by Crippen LogP contribution is -2.26. The molecule has 6 heteroatoms. The number of hydrogen-bond donors (Lipinski definition) is 1. The van der Waals surface area contributed by atoms with Gasteiger partial charge >= 0.3 is 0 Å². The SMILES string of the molecule is CCNC(c1cccs1)c1c(Cl)cnn1CCN(C)C. The molecule has 110 valence electrons. The van der Waals surface area contributed by atoms with Crippen LogP contribution in [0.2, 0.25) is 5.02 Å². The summed E-state index contributed by atoms with van der Waals surface area (Å²) in [6.07, 6.45) is 1.74. The molecule has 0 amide bonds. The number of thiophene rings is 1. The molecule has 2 heterocycles. The second kappa shape index (κ2) is 7.22. The Morgan fingerprint density at radius 2 is 2.30 bits per heavy atom. The third-order valence-corrected chi connectivity index (χ3v) is 4.33. The predicted molar refractivity (Wildman–Crippen MR) is 85.6 cm³/mol. The number of halogens is 1. The zero-order chi connectivity index (χ0) is 14.5. The summed E-state index contributed by atoms with van der Waals surface area (Å²) >= 11 is 8.11. The van der Waals surface area contributed by atoms with Gasteiger partial charge in [0, 0.05) is 11.4 Å². The molecule has 1 atom stereocenters. The Labute approximate surface area is 129 Å². The van der Waals surface area contributed by atoms with E-state index < -0.39 is 0 Å². The molecular formula is C14H21ClN4S. The van der Waals surface area contributed by atoms with Crippen LogP contribution in [0.3, 0.4) is 0 Å². The molecule has 2 aromatic heterocycles. The fourth-order valence-corrected chi connectivity index (χ4v) is 3.18. The number of hydrogen-bond acceptors (Lipinski definition) is 4. The molecule has 0 saturated carbocycles. The first-order valence-electron chi connectivity index (χ1n) is 6.76. The van der Waals surface area contributed by atoms with Gasteiger partial charge in [0.2, 0.25) is 0 Å². The highest BCUT2D eigenvalue weighted by molar-refractivity contribution is 7.10. The van der Waals surface area contributed by atoms with Crippen LogP contribution in [0.4, 0.5) is 0 Å². The molecule has 2 aromatic rings. The Morgan fingerprint density at radius 3 is 2.90 bits per heavy atom. The first-order valence-corrected chi connectivity index (χ1v) is 8.02. The fourth-order valence-electron chi connectivity index (χ4n) is 2.12. The van der Waals surface area contributed by atoms with Gasteiger partial charge in [0.15, 0.2) is 0 Å². The molecule has 0 aromatic carbocycles. The largest absolute Gasteiger partial charge is 0.308 e. The molecule has 0 saturated heterocycles. The van der Waals surface area contributed by atoms with Crippen LogP contribution in [0, 0.1) is 0 Å². The highest BCUT2D eigenvalue weighted by Crippen LogP contribution is 2.30. The summed E-state index contributed by atoms with van der Waals surface area (Å²) in [5.74, 6) is 0. The minimum atomic E-state index is 0.108. The lowest BCUT2D eigenvalue weighted by Gasteiger charge is -2.20. The van der Waals surface area contributed by atoms with Gasteiger partial charge in [-0.15, -0.1) is 11.3 Å². The van der Waals surface area contributed by atoms with E-state index in [4.69, 9.17) is 11.6 Å². The maximum atomic E-state index is 6.38. The Kier molecular flexibility index (Phi) is 5.60. The fraction of sp³-hybridized carbons (Fsp3) is 0.500. The van der Waals surface area contributed by atoms with Crippen molar-refractivity contribution in [3.05, 3.63) is 39.3 Å². The molecule has 1 N–H and O–H groups in total. The highest BCUT2D eigenvalue weighted by Gasteiger charge is 2.22. The molecule has 4 nitrogen and oxygen atoms in total. The minimum Gasteiger partial charge on any atom is -0.308 e. The number of nitrogens with zero attached hydrogens (tertiary/aromatic N) is 3. The molecule has 0 aliphatic rings. The van der Waals surface area contributed by atoms with Crippen LogP contribution in [0.1, 0.15) is 23.5 Å². The topological polar surface area (TPSA) is 33.1 Å². The van der Waals surface area contributed by atoms with Gasteiger partial charge < -0.3 is 10.2 Å². The van der Waals surface area contributed by atoms with E-state index >= 15 is 0 Å². The van der Waals surface area contributed by atoms with Gasteiger partial charge in [-0.25, -0.2) is 0 Å². The van der Waals surface area contributed by atoms with E-state index in [0.717, 1.165) is 30.4 Å². The summed E-state index contributed by atoms with van der Waals surface area (Å²) in [5.41, 5.74) is 1.05. The summed E-state index contributed by atoms with van der Waals surface area (Å²) in [5, 5.41) is 10.7. The lowest BCUT2D eigenvalue weighted by molar-refractivity contribution is 0.366. The molecule has 20 heavy (non-hydrogen) atoms. The van der Waals surface area contributed by atoms with Crippen molar-refractivity contribution in [3.63, 3.8) is 0 Å². The lowest BCUT2D eigenvalue weighted by atomic mass is 10.1. The Hall–Kier alpha value is -0.880. The number of nitrogens with one attached hydrogen (secondary N) is 1. The molecular weight excluding hydrogens is 292 g/mol. The number of aromatic nitrogens is 2. The monoisotopic (exact) mass is 312 g/mol. The van der Waals surface area contributed by atoms with Gasteiger partial charge in [-0.3, -0.25) is 4.68 Å². The summed E-state index contributed by atoms with van der Waals surface area (Å²) in [6, 6.07) is 4.31. The van der Waals surface area contributed by atoms with Crippen molar-refractivity contribution in [2.75, 3.05) is 27.2 Å². The van der Waals surface area contributed by atoms with E-state index in [-0.39, 0.29) is 6.04 Å². The summed E-state index contributed by atoms with van der Waals surface area (Å²) in [7, 11) is 4.12. The van der Waals surface area contributed by atoms with Gasteiger partial charge in [-0.1, -0.05) is 24.6 Å². The Morgan fingerprint density at radius 1 is 1.50 bits per heavy atom. The average Bonchev–Trinajstić information content (AvgIpc) is 3.04. The first-order chi connectivity index (χ1) is 9.63. The van der Waals surface area contributed by atoms with Crippen molar-refractivity contribution in [3.8, 4) is 0 Å². The zero-order valence-electron chi connectivity index (χ0n) is 12.1. The summed E-state index contributed by atoms with van der Waals surface area (Å²) in [4.78, 5) is 3.41. The van der Waals surface area contributed by atoms with E-state index in [9.17, 15) is 0 Å². The number of likely N-dealkylation sites (N-methyl/N-ethyl adjacent to an activating group) is 1. The maximum absolute atomic E-state index is 6.38. The first kappa shape index (κ1) is 15.5. The van der Waals surface area contributed by atoms with Crippen LogP contribution in [0.15, 0.2) is 23.7 Å². The summed E-state index contributed by atoms with van der Waals surface area (Å²) in [6.45, 7) is 4.77. The normalized spacial score (nSPS) is 13.1. The second-order valence-electron chi connectivity index (χ2n) is 4.91. The molecule has 0 spiro atoms. The van der Waals surface area contributed by atoms with Crippen LogP contribution >= 0.6 is 22.9 Å². The van der Waals surface area contributed by atoms with E-state index in [1.54, 1.807) is 17.5 Å². The van der Waals surface area contributed by atoms with Crippen molar-refractivity contribution in [2.24, 2.45) is 0 Å². The predicted octanol–water partition coefficient (Wildman–Crippen LogP) is 2.86. The van der Waals surface area contributed by atoms with E-state index in [2.05, 4.69) is 53.8 Å². The molecule has 0 aliphatic carbocycles. The third kappa shape index (κ3) is 3.61. The van der Waals surface area contributed by atoms with Gasteiger partial charge in [0.05, 0.1) is 29.5 Å². The maximum Gasteiger partial charge on any atom is 0.0857 e. The molecule has 0 aliphatic heterocycles. The Bertz CT molecular complexity index is 521. The van der Waals surface area contributed by atoms with Crippen molar-refractivity contribution in [1.29, 1.82) is 0 Å². The van der Waals surface area contributed by atoms with Crippen molar-refractivity contribution >= 4 is 22.9 Å². The van der Waals surface area contributed by atoms with Crippen molar-refractivity contribution < 1.29 is 0 Å². The average molecular weight is 313 g/mol. The molecule has 0 bridgehead atoms. The van der Waals surface area contributed by atoms with Crippen LogP contribution in [0.25, 0.3) is 0 Å². The highest BCUT2D eigenvalue weighted by atomic mass is 35.5. The van der Waals surface area contributed by atoms with Crippen molar-refractivity contribution in [1.82, 2.24) is 20.0 Å². The van der Waals surface area contributed by atoms with Crippen LogP contribution in [-0.2, 0) is 6.54 Å².